The van der Waals surface area contributed by atoms with Crippen molar-refractivity contribution < 1.29 is 9.59 Å². The fourth-order valence-corrected chi connectivity index (χ4v) is 8.09. The van der Waals surface area contributed by atoms with Crippen LogP contribution in [0.15, 0.2) is 130 Å². The van der Waals surface area contributed by atoms with Crippen LogP contribution in [0.25, 0.3) is 21.5 Å². The zero-order valence-corrected chi connectivity index (χ0v) is 30.7. The van der Waals surface area contributed by atoms with E-state index in [4.69, 9.17) is 11.5 Å². The highest BCUT2D eigenvalue weighted by Crippen LogP contribution is 2.30. The number of halogens is 2. The van der Waals surface area contributed by atoms with E-state index in [1.165, 1.54) is 22.3 Å². The van der Waals surface area contributed by atoms with Crippen molar-refractivity contribution in [2.75, 3.05) is 0 Å². The molecule has 0 radical (unpaired) electrons. The maximum Gasteiger partial charge on any atom is 0.240 e. The van der Waals surface area contributed by atoms with Gasteiger partial charge in [0.2, 0.25) is 11.8 Å². The molecule has 50 heavy (non-hydrogen) atoms. The van der Waals surface area contributed by atoms with Gasteiger partial charge >= 0.3 is 0 Å². The summed E-state index contributed by atoms with van der Waals surface area (Å²) in [5.41, 5.74) is 19.7. The van der Waals surface area contributed by atoms with E-state index in [0.29, 0.717) is 39.0 Å². The Balaban J connectivity index is 0.000000157. The summed E-state index contributed by atoms with van der Waals surface area (Å²) < 4.78 is 2.11. The summed E-state index contributed by atoms with van der Waals surface area (Å²) in [6.45, 7) is 2.63. The first-order valence-corrected chi connectivity index (χ1v) is 18.4. The molecule has 2 aliphatic rings. The number of nitrogens with two attached hydrogens (primary N) is 2. The Morgan fingerprint density at radius 1 is 0.480 bits per heavy atom. The van der Waals surface area contributed by atoms with Gasteiger partial charge in [0, 0.05) is 35.1 Å². The van der Waals surface area contributed by atoms with Crippen molar-refractivity contribution in [1.29, 1.82) is 0 Å². The zero-order valence-electron chi connectivity index (χ0n) is 27.6. The van der Waals surface area contributed by atoms with Crippen LogP contribution in [-0.4, -0.2) is 33.7 Å². The number of rotatable bonds is 6. The highest BCUT2D eigenvalue weighted by atomic mass is 79.9. The topological polar surface area (TPSA) is 92.7 Å². The first-order chi connectivity index (χ1) is 24.3. The van der Waals surface area contributed by atoms with Gasteiger partial charge in [-0.05, 0) is 79.9 Å². The summed E-state index contributed by atoms with van der Waals surface area (Å²) >= 11 is 7.18. The van der Waals surface area contributed by atoms with Crippen LogP contribution in [0, 0.1) is 0 Å². The molecule has 6 aromatic rings. The van der Waals surface area contributed by atoms with Gasteiger partial charge in [0.25, 0.3) is 0 Å². The van der Waals surface area contributed by atoms with Gasteiger partial charge in [-0.3, -0.25) is 9.59 Å². The van der Waals surface area contributed by atoms with Crippen LogP contribution >= 0.6 is 31.9 Å². The standard InChI is InChI=1S/2C21H19BrN2O/c22-19-10-4-8-17-14(7-3-9-18(17)19)11-20(23)21(25)24-12-15-5-1-2-6-16(15)13-24;22-19-10-9-14(17-7-3-4-8-18(17)19)11-20(23)21(25)24-12-15-5-1-2-6-16(15)13-24/h2*1-10,20H,11-13,23H2. The van der Waals surface area contributed by atoms with Gasteiger partial charge in [0.05, 0.1) is 12.1 Å². The molecule has 0 saturated carbocycles. The molecule has 2 amide bonds. The van der Waals surface area contributed by atoms with Crippen molar-refractivity contribution in [1.82, 2.24) is 9.80 Å². The predicted octanol–water partition coefficient (Wildman–Crippen LogP) is 8.03. The van der Waals surface area contributed by atoms with Crippen molar-refractivity contribution in [3.63, 3.8) is 0 Å². The summed E-state index contributed by atoms with van der Waals surface area (Å²) in [7, 11) is 0. The Hall–Kier alpha value is -4.34. The highest BCUT2D eigenvalue weighted by molar-refractivity contribution is 9.11. The van der Waals surface area contributed by atoms with E-state index in [2.05, 4.69) is 92.5 Å². The lowest BCUT2D eigenvalue weighted by atomic mass is 9.98. The second-order valence-corrected chi connectivity index (χ2v) is 14.8. The molecule has 8 heteroatoms. The molecule has 2 unspecified atom stereocenters. The first-order valence-electron chi connectivity index (χ1n) is 16.8. The molecule has 0 saturated heterocycles. The fourth-order valence-electron chi connectivity index (χ4n) is 7.11. The third-order valence-electron chi connectivity index (χ3n) is 9.74. The molecule has 0 fully saturated rings. The summed E-state index contributed by atoms with van der Waals surface area (Å²) in [4.78, 5) is 29.3. The average Bonchev–Trinajstić information content (AvgIpc) is 3.78. The quantitative estimate of drug-likeness (QED) is 0.179. The monoisotopic (exact) mass is 788 g/mol. The molecule has 0 bridgehead atoms. The number of benzene rings is 6. The third-order valence-corrected chi connectivity index (χ3v) is 11.1. The van der Waals surface area contributed by atoms with Crippen molar-refractivity contribution in [3.8, 4) is 0 Å². The van der Waals surface area contributed by atoms with Crippen LogP contribution in [0.4, 0.5) is 0 Å². The van der Waals surface area contributed by atoms with Gasteiger partial charge in [0.1, 0.15) is 0 Å². The zero-order chi connectivity index (χ0) is 34.8. The Kier molecular flexibility index (Phi) is 10.1. The van der Waals surface area contributed by atoms with Gasteiger partial charge in [0.15, 0.2) is 0 Å². The third kappa shape index (κ3) is 7.12. The second kappa shape index (κ2) is 14.9. The second-order valence-electron chi connectivity index (χ2n) is 13.1. The van der Waals surface area contributed by atoms with E-state index in [-0.39, 0.29) is 11.8 Å². The maximum absolute atomic E-state index is 12.8. The number of fused-ring (bicyclic) bond motifs is 4. The van der Waals surface area contributed by atoms with Gasteiger partial charge in [-0.1, -0.05) is 141 Å². The minimum atomic E-state index is -0.529. The molecule has 0 aliphatic carbocycles. The van der Waals surface area contributed by atoms with Crippen LogP contribution in [0.2, 0.25) is 0 Å². The van der Waals surface area contributed by atoms with E-state index in [1.807, 2.05) is 70.5 Å². The van der Waals surface area contributed by atoms with E-state index < -0.39 is 12.1 Å². The Bertz CT molecular complexity index is 2060. The van der Waals surface area contributed by atoms with Gasteiger partial charge in [-0.2, -0.15) is 0 Å². The molecule has 8 rings (SSSR count). The summed E-state index contributed by atoms with van der Waals surface area (Å²) in [6.07, 6.45) is 1.08. The number of hydrogen-bond donors (Lipinski definition) is 2. The largest absolute Gasteiger partial charge is 0.333 e. The van der Waals surface area contributed by atoms with E-state index >= 15 is 0 Å². The Morgan fingerprint density at radius 2 is 0.840 bits per heavy atom. The van der Waals surface area contributed by atoms with Crippen molar-refractivity contribution in [2.24, 2.45) is 11.5 Å². The van der Waals surface area contributed by atoms with Crippen LogP contribution in [0.3, 0.4) is 0 Å². The first kappa shape index (κ1) is 34.1. The number of nitrogens with zero attached hydrogens (tertiary/aromatic N) is 2. The fraction of sp³-hybridized carbons (Fsp3) is 0.190. The molecule has 6 nitrogen and oxygen atoms in total. The van der Waals surface area contributed by atoms with E-state index in [1.54, 1.807) is 0 Å². The van der Waals surface area contributed by atoms with Gasteiger partial charge in [-0.25, -0.2) is 0 Å². The molecule has 0 aromatic heterocycles. The summed E-state index contributed by atoms with van der Waals surface area (Å²) in [6, 6.07) is 39.9. The van der Waals surface area contributed by atoms with Crippen molar-refractivity contribution in [3.05, 3.63) is 164 Å². The normalized spacial score (nSPS) is 14.6. The van der Waals surface area contributed by atoms with Crippen LogP contribution in [0.1, 0.15) is 33.4 Å². The molecule has 252 valence electrons. The molecule has 2 heterocycles. The Morgan fingerprint density at radius 3 is 1.34 bits per heavy atom. The minimum Gasteiger partial charge on any atom is -0.333 e. The van der Waals surface area contributed by atoms with Gasteiger partial charge in [-0.15, -0.1) is 0 Å². The minimum absolute atomic E-state index is 0.0169. The summed E-state index contributed by atoms with van der Waals surface area (Å²) in [5.74, 6) is 0.0337. The smallest absolute Gasteiger partial charge is 0.240 e. The molecule has 2 atom stereocenters. The van der Waals surface area contributed by atoms with Gasteiger partial charge < -0.3 is 21.3 Å². The lowest BCUT2D eigenvalue weighted by Crippen LogP contribution is -2.42. The SMILES string of the molecule is NC(Cc1ccc(Br)c2ccccc12)C(=O)N1Cc2ccccc2C1.NC(Cc1cccc2c(Br)cccc12)C(=O)N1Cc2ccccc2C1. The molecule has 2 aliphatic heterocycles. The van der Waals surface area contributed by atoms with Crippen LogP contribution in [0.5, 0.6) is 0 Å². The van der Waals surface area contributed by atoms with Crippen LogP contribution in [-0.2, 0) is 48.6 Å². The summed E-state index contributed by atoms with van der Waals surface area (Å²) in [5, 5.41) is 4.58. The lowest BCUT2D eigenvalue weighted by Gasteiger charge is -2.21. The predicted molar refractivity (Wildman–Crippen MR) is 208 cm³/mol. The number of carbonyl (C=O) groups is 2. The number of amides is 2. The lowest BCUT2D eigenvalue weighted by molar-refractivity contribution is -0.133. The number of hydrogen-bond acceptors (Lipinski definition) is 4. The molecular formula is C42H38Br2N4O2. The van der Waals surface area contributed by atoms with Crippen LogP contribution < -0.4 is 11.5 Å². The molecule has 4 N–H and O–H groups in total. The average molecular weight is 791 g/mol. The highest BCUT2D eigenvalue weighted by Gasteiger charge is 2.28. The molecule has 0 spiro atoms. The van der Waals surface area contributed by atoms with E-state index in [9.17, 15) is 9.59 Å². The Labute approximate surface area is 309 Å². The van der Waals surface area contributed by atoms with Crippen molar-refractivity contribution >= 4 is 65.2 Å². The maximum atomic E-state index is 12.8. The molecular weight excluding hydrogens is 752 g/mol. The molecule has 6 aromatic carbocycles. The number of carbonyl (C=O) groups excluding carboxylic acids is 2. The van der Waals surface area contributed by atoms with Crippen molar-refractivity contribution in [2.45, 2.75) is 51.1 Å². The van der Waals surface area contributed by atoms with E-state index in [0.717, 1.165) is 41.6 Å².